The SMILES string of the molecule is CC(=O)N[C@H]1[C@H]([C@H](O)[C@@H](COCc2ccccc2)OCc2ccccc2)O[C@H](C(=O)OCc2ccccc2)C[C@@H]1OCc1ccccc1. The molecule has 4 aromatic rings. The molecule has 2 N–H and O–H groups in total. The average molecular weight is 654 g/mol. The molecule has 1 heterocycles. The minimum Gasteiger partial charge on any atom is -0.459 e. The van der Waals surface area contributed by atoms with Crippen LogP contribution in [0.5, 0.6) is 0 Å². The fraction of sp³-hybridized carbons (Fsp3) is 0.333. The van der Waals surface area contributed by atoms with Gasteiger partial charge in [-0.25, -0.2) is 4.79 Å². The van der Waals surface area contributed by atoms with Gasteiger partial charge in [-0.05, 0) is 22.3 Å². The highest BCUT2D eigenvalue weighted by Crippen LogP contribution is 2.29. The third-order valence-corrected chi connectivity index (χ3v) is 8.10. The van der Waals surface area contributed by atoms with Gasteiger partial charge >= 0.3 is 5.97 Å². The Morgan fingerprint density at radius 3 is 1.79 bits per heavy atom. The second kappa shape index (κ2) is 18.2. The maximum Gasteiger partial charge on any atom is 0.335 e. The molecule has 0 aromatic heterocycles. The van der Waals surface area contributed by atoms with Crippen molar-refractivity contribution in [2.75, 3.05) is 6.61 Å². The molecule has 9 heteroatoms. The van der Waals surface area contributed by atoms with Gasteiger partial charge in [0, 0.05) is 13.3 Å². The number of hydrogen-bond donors (Lipinski definition) is 2. The Bertz CT molecular complexity index is 1520. The van der Waals surface area contributed by atoms with Crippen molar-refractivity contribution in [2.45, 2.75) is 76.3 Å². The molecule has 0 spiro atoms. The molecule has 0 saturated carbocycles. The molecular formula is C39H43NO8. The first-order chi connectivity index (χ1) is 23.5. The van der Waals surface area contributed by atoms with E-state index in [2.05, 4.69) is 5.32 Å². The van der Waals surface area contributed by atoms with Crippen LogP contribution in [0.2, 0.25) is 0 Å². The van der Waals surface area contributed by atoms with Gasteiger partial charge in [0.2, 0.25) is 5.91 Å². The highest BCUT2D eigenvalue weighted by atomic mass is 16.6. The molecule has 1 amide bonds. The van der Waals surface area contributed by atoms with E-state index < -0.39 is 42.5 Å². The summed E-state index contributed by atoms with van der Waals surface area (Å²) in [6.45, 7) is 2.21. The smallest absolute Gasteiger partial charge is 0.335 e. The second-order valence-corrected chi connectivity index (χ2v) is 11.8. The number of hydrogen-bond acceptors (Lipinski definition) is 8. The van der Waals surface area contributed by atoms with Crippen LogP contribution in [0.4, 0.5) is 0 Å². The normalized spacial score (nSPS) is 20.4. The van der Waals surface area contributed by atoms with Crippen LogP contribution in [0.3, 0.4) is 0 Å². The van der Waals surface area contributed by atoms with Gasteiger partial charge < -0.3 is 34.1 Å². The summed E-state index contributed by atoms with van der Waals surface area (Å²) in [5.41, 5.74) is 3.63. The first kappa shape index (κ1) is 34.9. The van der Waals surface area contributed by atoms with Gasteiger partial charge in [0.25, 0.3) is 0 Å². The second-order valence-electron chi connectivity index (χ2n) is 11.8. The molecule has 4 aromatic carbocycles. The van der Waals surface area contributed by atoms with Crippen molar-refractivity contribution < 1.29 is 38.4 Å². The van der Waals surface area contributed by atoms with Crippen molar-refractivity contribution in [3.8, 4) is 0 Å². The summed E-state index contributed by atoms with van der Waals surface area (Å²) >= 11 is 0. The number of esters is 1. The number of carbonyl (C=O) groups is 2. The number of ether oxygens (including phenoxy) is 5. The van der Waals surface area contributed by atoms with Gasteiger partial charge in [-0.1, -0.05) is 121 Å². The molecule has 0 aliphatic carbocycles. The molecule has 48 heavy (non-hydrogen) atoms. The monoisotopic (exact) mass is 653 g/mol. The molecule has 9 nitrogen and oxygen atoms in total. The predicted molar refractivity (Wildman–Crippen MR) is 179 cm³/mol. The lowest BCUT2D eigenvalue weighted by Crippen LogP contribution is -2.64. The van der Waals surface area contributed by atoms with Crippen molar-refractivity contribution in [3.05, 3.63) is 144 Å². The Balaban J connectivity index is 1.38. The summed E-state index contributed by atoms with van der Waals surface area (Å²) in [5.74, 6) is -0.922. The quantitative estimate of drug-likeness (QED) is 0.160. The minimum atomic E-state index is -1.33. The summed E-state index contributed by atoms with van der Waals surface area (Å²) in [7, 11) is 0. The maximum absolute atomic E-state index is 13.5. The first-order valence-corrected chi connectivity index (χ1v) is 16.2. The van der Waals surface area contributed by atoms with Crippen LogP contribution in [0.1, 0.15) is 35.6 Å². The molecule has 0 bridgehead atoms. The Hall–Kier alpha value is -4.38. The molecule has 0 radical (unpaired) electrons. The standard InChI is InChI=1S/C39H43NO8/c1-28(41)40-36-33(45-24-30-16-8-3-9-17-30)22-34(39(43)47-26-32-20-12-5-13-21-32)48-38(36)37(42)35(46-25-31-18-10-4-11-19-31)27-44-23-29-14-6-2-7-15-29/h2-21,33-38,42H,22-27H2,1H3,(H,40,41)/t33-,34-,35+,36+,37+,38+/m0/s1. The van der Waals surface area contributed by atoms with E-state index in [1.807, 2.05) is 121 Å². The molecule has 0 unspecified atom stereocenters. The molecule has 1 saturated heterocycles. The van der Waals surface area contributed by atoms with E-state index >= 15 is 0 Å². The molecule has 5 rings (SSSR count). The summed E-state index contributed by atoms with van der Waals surface area (Å²) < 4.78 is 30.7. The van der Waals surface area contributed by atoms with Crippen molar-refractivity contribution in [3.63, 3.8) is 0 Å². The summed E-state index contributed by atoms with van der Waals surface area (Å²) in [5, 5.41) is 14.9. The Morgan fingerprint density at radius 2 is 1.25 bits per heavy atom. The van der Waals surface area contributed by atoms with Crippen molar-refractivity contribution in [1.82, 2.24) is 5.32 Å². The van der Waals surface area contributed by atoms with Crippen LogP contribution in [0, 0.1) is 0 Å². The lowest BCUT2D eigenvalue weighted by molar-refractivity contribution is -0.212. The third-order valence-electron chi connectivity index (χ3n) is 8.10. The van der Waals surface area contributed by atoms with E-state index in [0.717, 1.165) is 22.3 Å². The minimum absolute atomic E-state index is 0.0220. The van der Waals surface area contributed by atoms with E-state index in [4.69, 9.17) is 23.7 Å². The largest absolute Gasteiger partial charge is 0.459 e. The van der Waals surface area contributed by atoms with Gasteiger partial charge in [-0.15, -0.1) is 0 Å². The van der Waals surface area contributed by atoms with Crippen LogP contribution in [-0.4, -0.2) is 60.2 Å². The zero-order valence-electron chi connectivity index (χ0n) is 27.1. The molecule has 252 valence electrons. The summed E-state index contributed by atoms with van der Waals surface area (Å²) in [4.78, 5) is 26.0. The van der Waals surface area contributed by atoms with Crippen LogP contribution in [-0.2, 0) is 59.7 Å². The van der Waals surface area contributed by atoms with Crippen LogP contribution in [0.15, 0.2) is 121 Å². The van der Waals surface area contributed by atoms with Crippen molar-refractivity contribution >= 4 is 11.9 Å². The van der Waals surface area contributed by atoms with Gasteiger partial charge in [0.05, 0.1) is 38.6 Å². The number of rotatable bonds is 16. The number of aliphatic hydroxyl groups is 1. The topological polar surface area (TPSA) is 113 Å². The molecular weight excluding hydrogens is 610 g/mol. The van der Waals surface area contributed by atoms with E-state index in [9.17, 15) is 14.7 Å². The third kappa shape index (κ3) is 10.6. The number of aliphatic hydroxyl groups excluding tert-OH is 1. The zero-order chi connectivity index (χ0) is 33.6. The van der Waals surface area contributed by atoms with E-state index in [0.29, 0.717) is 6.61 Å². The molecule has 1 aliphatic rings. The van der Waals surface area contributed by atoms with Gasteiger partial charge in [-0.3, -0.25) is 4.79 Å². The van der Waals surface area contributed by atoms with Gasteiger partial charge in [-0.2, -0.15) is 0 Å². The lowest BCUT2D eigenvalue weighted by atomic mass is 9.89. The first-order valence-electron chi connectivity index (χ1n) is 16.2. The number of carbonyl (C=O) groups excluding carboxylic acids is 2. The van der Waals surface area contributed by atoms with Gasteiger partial charge in [0.15, 0.2) is 6.10 Å². The average Bonchev–Trinajstić information content (AvgIpc) is 3.12. The number of benzene rings is 4. The molecule has 1 aliphatic heterocycles. The summed E-state index contributed by atoms with van der Waals surface area (Å²) in [6.07, 6.45) is -4.97. The van der Waals surface area contributed by atoms with Crippen LogP contribution < -0.4 is 5.32 Å². The highest BCUT2D eigenvalue weighted by Gasteiger charge is 2.48. The van der Waals surface area contributed by atoms with Gasteiger partial charge in [0.1, 0.15) is 24.9 Å². The fourth-order valence-corrected chi connectivity index (χ4v) is 5.63. The van der Waals surface area contributed by atoms with Crippen LogP contribution in [0.25, 0.3) is 0 Å². The van der Waals surface area contributed by atoms with Crippen LogP contribution >= 0.6 is 0 Å². The Morgan fingerprint density at radius 1 is 0.750 bits per heavy atom. The fourth-order valence-electron chi connectivity index (χ4n) is 5.63. The Kier molecular flexibility index (Phi) is 13.3. The van der Waals surface area contributed by atoms with E-state index in [-0.39, 0.29) is 38.8 Å². The maximum atomic E-state index is 13.5. The van der Waals surface area contributed by atoms with E-state index in [1.54, 1.807) is 0 Å². The van der Waals surface area contributed by atoms with E-state index in [1.165, 1.54) is 6.92 Å². The van der Waals surface area contributed by atoms with Crippen molar-refractivity contribution in [2.24, 2.45) is 0 Å². The number of amides is 1. The zero-order valence-corrected chi connectivity index (χ0v) is 27.1. The predicted octanol–water partition coefficient (Wildman–Crippen LogP) is 5.14. The molecule has 1 fully saturated rings. The number of nitrogens with one attached hydrogen (secondary N) is 1. The lowest BCUT2D eigenvalue weighted by Gasteiger charge is -2.44. The summed E-state index contributed by atoms with van der Waals surface area (Å²) in [6, 6.07) is 37.4. The Labute approximate surface area is 281 Å². The highest BCUT2D eigenvalue weighted by molar-refractivity contribution is 5.75. The van der Waals surface area contributed by atoms with Crippen molar-refractivity contribution in [1.29, 1.82) is 0 Å². The molecule has 6 atom stereocenters.